The van der Waals surface area contributed by atoms with E-state index in [0.717, 1.165) is 44.0 Å². The van der Waals surface area contributed by atoms with E-state index in [2.05, 4.69) is 14.9 Å². The monoisotopic (exact) mass is 298 g/mol. The van der Waals surface area contributed by atoms with Crippen LogP contribution in [0.1, 0.15) is 25.1 Å². The highest BCUT2D eigenvalue weighted by Gasteiger charge is 2.25. The Morgan fingerprint density at radius 3 is 2.75 bits per heavy atom. The largest absolute Gasteiger partial charge is 0.356 e. The minimum Gasteiger partial charge on any atom is -0.356 e. The Hall–Kier alpha value is -1.21. The van der Waals surface area contributed by atoms with Gasteiger partial charge in [0.25, 0.3) is 0 Å². The number of nitrogens with zero attached hydrogens (tertiary/aromatic N) is 4. The molecule has 0 aliphatic carbocycles. The van der Waals surface area contributed by atoms with E-state index in [4.69, 9.17) is 0 Å². The third-order valence-corrected chi connectivity index (χ3v) is 5.16. The second kappa shape index (κ2) is 6.05. The molecule has 1 atom stereocenters. The lowest BCUT2D eigenvalue weighted by Crippen LogP contribution is -2.37. The van der Waals surface area contributed by atoms with Crippen molar-refractivity contribution in [3.8, 4) is 0 Å². The summed E-state index contributed by atoms with van der Waals surface area (Å²) in [6.07, 6.45) is 5.72. The van der Waals surface area contributed by atoms with Crippen LogP contribution in [0.2, 0.25) is 0 Å². The zero-order valence-electron chi connectivity index (χ0n) is 12.3. The van der Waals surface area contributed by atoms with Gasteiger partial charge in [-0.3, -0.25) is 0 Å². The Bertz CT molecular complexity index is 561. The molecule has 0 amide bonds. The molecule has 0 N–H and O–H groups in total. The van der Waals surface area contributed by atoms with Gasteiger partial charge in [-0.15, -0.1) is 0 Å². The van der Waals surface area contributed by atoms with Crippen molar-refractivity contribution in [2.45, 2.75) is 32.2 Å². The van der Waals surface area contributed by atoms with E-state index in [1.807, 2.05) is 13.0 Å². The lowest BCUT2D eigenvalue weighted by Gasteiger charge is -2.25. The maximum absolute atomic E-state index is 11.6. The zero-order chi connectivity index (χ0) is 14.8. The quantitative estimate of drug-likeness (QED) is 0.834. The van der Waals surface area contributed by atoms with Crippen LogP contribution in [-0.2, 0) is 10.0 Å². The molecule has 1 aromatic heterocycles. The maximum atomic E-state index is 11.6. The molecule has 1 unspecified atom stereocenters. The molecule has 6 nitrogen and oxygen atoms in total. The fraction of sp³-hybridized carbons (Fsp3) is 0.692. The zero-order valence-corrected chi connectivity index (χ0v) is 13.1. The Kier molecular flexibility index (Phi) is 4.59. The minimum atomic E-state index is -3.12. The number of sulfonamides is 1. The van der Waals surface area contributed by atoms with Gasteiger partial charge in [-0.1, -0.05) is 0 Å². The van der Waals surface area contributed by atoms with E-state index in [9.17, 15) is 8.42 Å². The molecule has 1 saturated heterocycles. The van der Waals surface area contributed by atoms with E-state index in [0.29, 0.717) is 0 Å². The van der Waals surface area contributed by atoms with Crippen molar-refractivity contribution in [3.63, 3.8) is 0 Å². The van der Waals surface area contributed by atoms with Gasteiger partial charge in [0.2, 0.25) is 10.0 Å². The molecule has 1 fully saturated rings. The molecule has 0 radical (unpaired) electrons. The molecule has 112 valence electrons. The van der Waals surface area contributed by atoms with Gasteiger partial charge in [0.15, 0.2) is 0 Å². The fourth-order valence-corrected chi connectivity index (χ4v) is 3.31. The van der Waals surface area contributed by atoms with Gasteiger partial charge in [-0.2, -0.15) is 0 Å². The molecule has 7 heteroatoms. The van der Waals surface area contributed by atoms with Crippen molar-refractivity contribution in [3.05, 3.63) is 18.1 Å². The van der Waals surface area contributed by atoms with Crippen molar-refractivity contribution in [2.75, 3.05) is 31.3 Å². The van der Waals surface area contributed by atoms with Crippen molar-refractivity contribution >= 4 is 15.8 Å². The van der Waals surface area contributed by atoms with Crippen LogP contribution in [0, 0.1) is 6.92 Å². The highest BCUT2D eigenvalue weighted by Crippen LogP contribution is 2.21. The van der Waals surface area contributed by atoms with E-state index in [-0.39, 0.29) is 6.04 Å². The minimum absolute atomic E-state index is 0.0814. The summed E-state index contributed by atoms with van der Waals surface area (Å²) in [5.74, 6) is 1.69. The molecule has 0 spiro atoms. The Morgan fingerprint density at radius 2 is 2.10 bits per heavy atom. The summed E-state index contributed by atoms with van der Waals surface area (Å²) in [7, 11) is -1.45. The van der Waals surface area contributed by atoms with Crippen molar-refractivity contribution in [2.24, 2.45) is 0 Å². The average molecular weight is 298 g/mol. The van der Waals surface area contributed by atoms with Crippen LogP contribution in [0.5, 0.6) is 0 Å². The highest BCUT2D eigenvalue weighted by molar-refractivity contribution is 7.88. The number of hydrogen-bond donors (Lipinski definition) is 0. The third-order valence-electron chi connectivity index (χ3n) is 3.82. The van der Waals surface area contributed by atoms with Gasteiger partial charge in [-0.05, 0) is 32.3 Å². The maximum Gasteiger partial charge on any atom is 0.211 e. The van der Waals surface area contributed by atoms with Crippen molar-refractivity contribution in [1.29, 1.82) is 0 Å². The predicted molar refractivity (Wildman–Crippen MR) is 79.2 cm³/mol. The summed E-state index contributed by atoms with van der Waals surface area (Å²) in [5, 5.41) is 0. The summed E-state index contributed by atoms with van der Waals surface area (Å²) < 4.78 is 24.8. The van der Waals surface area contributed by atoms with Gasteiger partial charge < -0.3 is 4.90 Å². The summed E-state index contributed by atoms with van der Waals surface area (Å²) in [5.41, 5.74) is 0. The molecular weight excluding hydrogens is 276 g/mol. The summed E-state index contributed by atoms with van der Waals surface area (Å²) >= 11 is 0. The lowest BCUT2D eigenvalue weighted by molar-refractivity contribution is 0.344. The summed E-state index contributed by atoms with van der Waals surface area (Å²) in [6, 6.07) is 1.99. The first-order valence-electron chi connectivity index (χ1n) is 6.85. The van der Waals surface area contributed by atoms with Crippen LogP contribution in [0.4, 0.5) is 5.82 Å². The molecular formula is C13H22N4O2S. The SMILES string of the molecule is Cc1nccc(N2CCCC(N(C)S(C)(=O)=O)CC2)n1. The Labute approximate surface area is 120 Å². The van der Waals surface area contributed by atoms with Gasteiger partial charge >= 0.3 is 0 Å². The van der Waals surface area contributed by atoms with E-state index >= 15 is 0 Å². The van der Waals surface area contributed by atoms with Crippen LogP contribution >= 0.6 is 0 Å². The second-order valence-electron chi connectivity index (χ2n) is 5.31. The van der Waals surface area contributed by atoms with Gasteiger partial charge in [0, 0.05) is 32.4 Å². The second-order valence-corrected chi connectivity index (χ2v) is 7.36. The molecule has 20 heavy (non-hydrogen) atoms. The first-order valence-corrected chi connectivity index (χ1v) is 8.70. The van der Waals surface area contributed by atoms with E-state index in [1.54, 1.807) is 13.2 Å². The van der Waals surface area contributed by atoms with Crippen molar-refractivity contribution in [1.82, 2.24) is 14.3 Å². The third kappa shape index (κ3) is 3.67. The van der Waals surface area contributed by atoms with Gasteiger partial charge in [0.05, 0.1) is 6.26 Å². The van der Waals surface area contributed by atoms with Crippen LogP contribution in [0.3, 0.4) is 0 Å². The van der Waals surface area contributed by atoms with Crippen LogP contribution in [-0.4, -0.2) is 55.1 Å². The highest BCUT2D eigenvalue weighted by atomic mass is 32.2. The Balaban J connectivity index is 2.06. The number of rotatable bonds is 3. The number of anilines is 1. The molecule has 1 aromatic rings. The van der Waals surface area contributed by atoms with E-state index in [1.165, 1.54) is 10.6 Å². The fourth-order valence-electron chi connectivity index (χ4n) is 2.56. The van der Waals surface area contributed by atoms with Crippen LogP contribution < -0.4 is 4.90 Å². The summed E-state index contributed by atoms with van der Waals surface area (Å²) in [6.45, 7) is 3.60. The number of hydrogen-bond acceptors (Lipinski definition) is 5. The first kappa shape index (κ1) is 15.2. The number of aryl methyl sites for hydroxylation is 1. The average Bonchev–Trinajstić information content (AvgIpc) is 2.62. The predicted octanol–water partition coefficient (Wildman–Crippen LogP) is 1.04. The normalized spacial score (nSPS) is 21.0. The lowest BCUT2D eigenvalue weighted by atomic mass is 10.1. The molecule has 2 heterocycles. The van der Waals surface area contributed by atoms with Crippen LogP contribution in [0.25, 0.3) is 0 Å². The molecule has 1 aliphatic heterocycles. The molecule has 0 bridgehead atoms. The van der Waals surface area contributed by atoms with Gasteiger partial charge in [0.1, 0.15) is 11.6 Å². The smallest absolute Gasteiger partial charge is 0.211 e. The topological polar surface area (TPSA) is 66.4 Å². The van der Waals surface area contributed by atoms with Crippen molar-refractivity contribution < 1.29 is 8.42 Å². The molecule has 0 saturated carbocycles. The van der Waals surface area contributed by atoms with Gasteiger partial charge in [-0.25, -0.2) is 22.7 Å². The Morgan fingerprint density at radius 1 is 1.35 bits per heavy atom. The molecule has 2 rings (SSSR count). The van der Waals surface area contributed by atoms with E-state index < -0.39 is 10.0 Å². The number of aromatic nitrogens is 2. The molecule has 0 aromatic carbocycles. The molecule has 1 aliphatic rings. The summed E-state index contributed by atoms with van der Waals surface area (Å²) in [4.78, 5) is 10.8. The first-order chi connectivity index (χ1) is 9.38. The standard InChI is InChI=1S/C13H22N4O2S/c1-11-14-8-6-13(15-11)17-9-4-5-12(7-10-17)16(2)20(3,18)19/h6,8,12H,4-5,7,9-10H2,1-3H3. The van der Waals surface area contributed by atoms with Crippen LogP contribution in [0.15, 0.2) is 12.3 Å².